The van der Waals surface area contributed by atoms with Crippen molar-refractivity contribution in [3.05, 3.63) is 32.8 Å². The maximum atomic E-state index is 12.2. The smallest absolute Gasteiger partial charge is 0.375 e. The molecule has 1 rings (SSSR count). The summed E-state index contributed by atoms with van der Waals surface area (Å²) in [5.74, 6) is -0.788. The van der Waals surface area contributed by atoms with Gasteiger partial charge in [-0.15, -0.1) is 0 Å². The van der Waals surface area contributed by atoms with Gasteiger partial charge in [0.05, 0.1) is 22.2 Å². The Kier molecular flexibility index (Phi) is 5.59. The third kappa shape index (κ3) is 5.06. The van der Waals surface area contributed by atoms with Crippen LogP contribution in [0.2, 0.25) is 5.02 Å². The molecule has 1 N–H and O–H groups in total. The van der Waals surface area contributed by atoms with E-state index in [4.69, 9.17) is 11.6 Å². The zero-order valence-corrected chi connectivity index (χ0v) is 12.5. The molecule has 0 aromatic heterocycles. The van der Waals surface area contributed by atoms with E-state index in [9.17, 15) is 28.1 Å². The van der Waals surface area contributed by atoms with E-state index >= 15 is 0 Å². The predicted octanol–water partition coefficient (Wildman–Crippen LogP) is 2.99. The summed E-state index contributed by atoms with van der Waals surface area (Å²) < 4.78 is 36.5. The molecule has 1 aromatic rings. The largest absolute Gasteiger partial charge is 0.406 e. The summed E-state index contributed by atoms with van der Waals surface area (Å²) in [5.41, 5.74) is 0.364. The molecule has 10 heteroatoms. The van der Waals surface area contributed by atoms with Crippen LogP contribution >= 0.6 is 11.6 Å². The number of amides is 1. The normalized spacial score (nSPS) is 11.2. The van der Waals surface area contributed by atoms with Gasteiger partial charge in [-0.2, -0.15) is 13.2 Å². The van der Waals surface area contributed by atoms with Crippen molar-refractivity contribution in [3.8, 4) is 0 Å². The van der Waals surface area contributed by atoms with Crippen molar-refractivity contribution < 1.29 is 22.9 Å². The molecule has 0 aliphatic rings. The highest BCUT2D eigenvalue weighted by Crippen LogP contribution is 2.30. The Bertz CT molecular complexity index is 593. The number of carbonyl (C=O) groups is 1. The first-order valence-corrected chi connectivity index (χ1v) is 6.38. The number of benzene rings is 1. The lowest BCUT2D eigenvalue weighted by Crippen LogP contribution is -2.38. The van der Waals surface area contributed by atoms with Crippen molar-refractivity contribution in [1.82, 2.24) is 4.90 Å². The van der Waals surface area contributed by atoms with Gasteiger partial charge in [-0.3, -0.25) is 14.9 Å². The lowest BCUT2D eigenvalue weighted by molar-refractivity contribution is -0.385. The van der Waals surface area contributed by atoms with Gasteiger partial charge in [0.1, 0.15) is 6.54 Å². The Morgan fingerprint density at radius 2 is 2.05 bits per heavy atom. The van der Waals surface area contributed by atoms with Gasteiger partial charge in [0.25, 0.3) is 5.69 Å². The molecular formula is C12H13ClF3N3O3. The lowest BCUT2D eigenvalue weighted by Gasteiger charge is -2.19. The van der Waals surface area contributed by atoms with Gasteiger partial charge in [0, 0.05) is 18.7 Å². The number of aryl methyl sites for hydroxylation is 1. The number of alkyl halides is 3. The maximum absolute atomic E-state index is 12.2. The first-order valence-electron chi connectivity index (χ1n) is 6.00. The fraction of sp³-hybridized carbons (Fsp3) is 0.417. The third-order valence-electron chi connectivity index (χ3n) is 2.75. The van der Waals surface area contributed by atoms with Crippen LogP contribution in [0.4, 0.5) is 24.5 Å². The van der Waals surface area contributed by atoms with E-state index in [-0.39, 0.29) is 16.4 Å². The molecule has 0 radical (unpaired) electrons. The molecule has 0 spiro atoms. The molecule has 0 saturated heterocycles. The lowest BCUT2D eigenvalue weighted by atomic mass is 10.2. The molecule has 0 atom stereocenters. The fourth-order valence-corrected chi connectivity index (χ4v) is 1.89. The summed E-state index contributed by atoms with van der Waals surface area (Å²) >= 11 is 5.84. The van der Waals surface area contributed by atoms with E-state index in [1.807, 2.05) is 0 Å². The van der Waals surface area contributed by atoms with Crippen molar-refractivity contribution in [2.24, 2.45) is 0 Å². The van der Waals surface area contributed by atoms with Crippen molar-refractivity contribution >= 4 is 28.9 Å². The number of nitro benzene ring substituents is 1. The molecule has 0 heterocycles. The van der Waals surface area contributed by atoms with Crippen LogP contribution in [0.15, 0.2) is 12.1 Å². The van der Waals surface area contributed by atoms with Crippen molar-refractivity contribution in [2.45, 2.75) is 13.1 Å². The van der Waals surface area contributed by atoms with Gasteiger partial charge >= 0.3 is 6.18 Å². The predicted molar refractivity (Wildman–Crippen MR) is 75.0 cm³/mol. The minimum atomic E-state index is -4.48. The van der Waals surface area contributed by atoms with Crippen molar-refractivity contribution in [2.75, 3.05) is 25.5 Å². The van der Waals surface area contributed by atoms with Crippen LogP contribution < -0.4 is 5.32 Å². The van der Waals surface area contributed by atoms with E-state index in [0.29, 0.717) is 10.5 Å². The highest BCUT2D eigenvalue weighted by atomic mass is 35.5. The van der Waals surface area contributed by atoms with Gasteiger partial charge in [-0.25, -0.2) is 0 Å². The first kappa shape index (κ1) is 18.0. The minimum Gasteiger partial charge on any atom is -0.375 e. The number of nitrogens with zero attached hydrogens (tertiary/aromatic N) is 2. The monoisotopic (exact) mass is 339 g/mol. The topological polar surface area (TPSA) is 75.5 Å². The van der Waals surface area contributed by atoms with Gasteiger partial charge in [-0.1, -0.05) is 11.6 Å². The Morgan fingerprint density at radius 1 is 1.45 bits per heavy atom. The minimum absolute atomic E-state index is 0.00331. The molecule has 1 amide bonds. The SMILES string of the molecule is Cc1cc(NCC(=O)N(C)CC(F)(F)F)c(Cl)cc1[N+](=O)[O-]. The van der Waals surface area contributed by atoms with E-state index in [2.05, 4.69) is 5.32 Å². The quantitative estimate of drug-likeness (QED) is 0.661. The highest BCUT2D eigenvalue weighted by molar-refractivity contribution is 6.33. The summed E-state index contributed by atoms with van der Waals surface area (Å²) in [6.07, 6.45) is -4.48. The van der Waals surface area contributed by atoms with Crippen LogP contribution in [0.25, 0.3) is 0 Å². The summed E-state index contributed by atoms with van der Waals surface area (Å²) in [4.78, 5) is 22.2. The van der Waals surface area contributed by atoms with Gasteiger partial charge < -0.3 is 10.2 Å². The second-order valence-electron chi connectivity index (χ2n) is 4.59. The van der Waals surface area contributed by atoms with Crippen LogP contribution in [0.3, 0.4) is 0 Å². The summed E-state index contributed by atoms with van der Waals surface area (Å²) in [5, 5.41) is 13.3. The zero-order valence-electron chi connectivity index (χ0n) is 11.7. The van der Waals surface area contributed by atoms with Gasteiger partial charge in [-0.05, 0) is 13.0 Å². The number of nitrogens with one attached hydrogen (secondary N) is 1. The second kappa shape index (κ2) is 6.82. The van der Waals surface area contributed by atoms with Crippen LogP contribution in [0, 0.1) is 17.0 Å². The molecular weight excluding hydrogens is 327 g/mol. The van der Waals surface area contributed by atoms with E-state index < -0.39 is 30.1 Å². The summed E-state index contributed by atoms with van der Waals surface area (Å²) in [6, 6.07) is 2.47. The van der Waals surface area contributed by atoms with Gasteiger partial charge in [0.15, 0.2) is 0 Å². The molecule has 0 aliphatic heterocycles. The Labute approximate surface area is 129 Å². The number of anilines is 1. The Balaban J connectivity index is 2.75. The molecule has 0 saturated carbocycles. The first-order chi connectivity index (χ1) is 10.0. The number of hydrogen-bond donors (Lipinski definition) is 1. The number of rotatable bonds is 5. The number of hydrogen-bond acceptors (Lipinski definition) is 4. The summed E-state index contributed by atoms with van der Waals surface area (Å²) in [7, 11) is 1.03. The van der Waals surface area contributed by atoms with Crippen LogP contribution in [0.1, 0.15) is 5.56 Å². The van der Waals surface area contributed by atoms with Crippen molar-refractivity contribution in [1.29, 1.82) is 0 Å². The molecule has 22 heavy (non-hydrogen) atoms. The molecule has 0 unspecified atom stereocenters. The average Bonchev–Trinajstić information content (AvgIpc) is 2.36. The van der Waals surface area contributed by atoms with Gasteiger partial charge in [0.2, 0.25) is 5.91 Å². The standard InChI is InChI=1S/C12H13ClF3N3O3/c1-7-3-9(8(13)4-10(7)19(21)22)17-5-11(20)18(2)6-12(14,15)16/h3-4,17H,5-6H2,1-2H3. The van der Waals surface area contributed by atoms with Crippen LogP contribution in [-0.4, -0.2) is 42.0 Å². The summed E-state index contributed by atoms with van der Waals surface area (Å²) in [6.45, 7) is -0.290. The number of likely N-dealkylation sites (N-methyl/N-ethyl adjacent to an activating group) is 1. The Hall–Kier alpha value is -2.03. The number of halogens is 4. The van der Waals surface area contributed by atoms with Crippen LogP contribution in [-0.2, 0) is 4.79 Å². The molecule has 6 nitrogen and oxygen atoms in total. The fourth-order valence-electron chi connectivity index (χ4n) is 1.67. The highest BCUT2D eigenvalue weighted by Gasteiger charge is 2.31. The van der Waals surface area contributed by atoms with Crippen LogP contribution in [0.5, 0.6) is 0 Å². The molecule has 1 aromatic carbocycles. The molecule has 122 valence electrons. The maximum Gasteiger partial charge on any atom is 0.406 e. The van der Waals surface area contributed by atoms with E-state index in [0.717, 1.165) is 13.1 Å². The third-order valence-corrected chi connectivity index (χ3v) is 3.07. The second-order valence-corrected chi connectivity index (χ2v) is 5.00. The molecule has 0 fully saturated rings. The average molecular weight is 340 g/mol. The molecule has 0 aliphatic carbocycles. The number of nitro groups is 1. The van der Waals surface area contributed by atoms with E-state index in [1.165, 1.54) is 13.0 Å². The Morgan fingerprint density at radius 3 is 2.55 bits per heavy atom. The number of carbonyl (C=O) groups excluding carboxylic acids is 1. The zero-order chi connectivity index (χ0) is 17.1. The molecule has 0 bridgehead atoms. The van der Waals surface area contributed by atoms with Crippen molar-refractivity contribution in [3.63, 3.8) is 0 Å². The van der Waals surface area contributed by atoms with E-state index in [1.54, 1.807) is 0 Å².